The third kappa shape index (κ3) is 1.08. The molecule has 2 heteroatoms. The van der Waals surface area contributed by atoms with E-state index < -0.39 is 11.8 Å². The summed E-state index contributed by atoms with van der Waals surface area (Å²) in [6, 6.07) is 0. The Morgan fingerprint density at radius 2 is 1.92 bits per heavy atom. The molecule has 2 aliphatic carbocycles. The highest BCUT2D eigenvalue weighted by atomic mass is 19.1. The highest BCUT2D eigenvalue weighted by Gasteiger charge is 2.57. The van der Waals surface area contributed by atoms with Gasteiger partial charge in [-0.3, -0.25) is 0 Å². The van der Waals surface area contributed by atoms with Crippen LogP contribution in [0.15, 0.2) is 12.2 Å². The summed E-state index contributed by atoms with van der Waals surface area (Å²) >= 11 is 0. The van der Waals surface area contributed by atoms with Gasteiger partial charge in [0.15, 0.2) is 0 Å². The van der Waals surface area contributed by atoms with Crippen molar-refractivity contribution >= 4 is 0 Å². The van der Waals surface area contributed by atoms with Crippen molar-refractivity contribution in [3.63, 3.8) is 0 Å². The number of hydrogen-bond donors (Lipinski definition) is 1. The first-order valence-corrected chi connectivity index (χ1v) is 4.99. The zero-order chi connectivity index (χ0) is 9.69. The van der Waals surface area contributed by atoms with E-state index in [-0.39, 0.29) is 5.41 Å². The van der Waals surface area contributed by atoms with Crippen LogP contribution in [-0.4, -0.2) is 11.5 Å². The van der Waals surface area contributed by atoms with E-state index in [4.69, 9.17) is 5.11 Å². The molecule has 74 valence electrons. The van der Waals surface area contributed by atoms with E-state index >= 15 is 0 Å². The molecule has 0 aromatic rings. The lowest BCUT2D eigenvalue weighted by Gasteiger charge is -2.28. The van der Waals surface area contributed by atoms with Crippen LogP contribution >= 0.6 is 0 Å². The number of halogens is 1. The van der Waals surface area contributed by atoms with Gasteiger partial charge in [0, 0.05) is 5.41 Å². The maximum absolute atomic E-state index is 13.0. The molecule has 0 radical (unpaired) electrons. The molecule has 0 aromatic carbocycles. The van der Waals surface area contributed by atoms with Crippen LogP contribution in [0.4, 0.5) is 4.39 Å². The van der Waals surface area contributed by atoms with Crippen molar-refractivity contribution in [3.8, 4) is 0 Å². The second-order valence-corrected chi connectivity index (χ2v) is 4.94. The fraction of sp³-hybridized carbons (Fsp3) is 0.818. The SMILES string of the molecule is C=C(C)C12CCC(C(O)F)(CC1)C2. The molecule has 0 amide bonds. The normalized spacial score (nSPS) is 45.2. The Bertz CT molecular complexity index is 236. The van der Waals surface area contributed by atoms with Crippen LogP contribution in [0.3, 0.4) is 0 Å². The third-order valence-electron chi connectivity index (χ3n) is 4.30. The van der Waals surface area contributed by atoms with Crippen LogP contribution in [-0.2, 0) is 0 Å². The molecule has 0 aliphatic heterocycles. The largest absolute Gasteiger partial charge is 0.364 e. The molecule has 0 aromatic heterocycles. The van der Waals surface area contributed by atoms with Gasteiger partial charge in [-0.2, -0.15) is 0 Å². The number of aliphatic hydroxyl groups excluding tert-OH is 1. The molecular weight excluding hydrogens is 167 g/mol. The Hall–Kier alpha value is -0.370. The molecule has 0 heterocycles. The fourth-order valence-corrected chi connectivity index (χ4v) is 3.15. The van der Waals surface area contributed by atoms with Crippen molar-refractivity contribution in [2.45, 2.75) is 45.4 Å². The Labute approximate surface area is 78.6 Å². The van der Waals surface area contributed by atoms with Crippen molar-refractivity contribution in [3.05, 3.63) is 12.2 Å². The molecule has 2 saturated carbocycles. The predicted octanol–water partition coefficient (Wildman–Crippen LogP) is 2.80. The van der Waals surface area contributed by atoms with Gasteiger partial charge < -0.3 is 5.11 Å². The Balaban J connectivity index is 2.24. The topological polar surface area (TPSA) is 20.2 Å². The van der Waals surface area contributed by atoms with Crippen LogP contribution in [0.2, 0.25) is 0 Å². The van der Waals surface area contributed by atoms with Gasteiger partial charge in [-0.15, -0.1) is 0 Å². The zero-order valence-corrected chi connectivity index (χ0v) is 8.15. The molecular formula is C11H17FO. The van der Waals surface area contributed by atoms with Crippen molar-refractivity contribution < 1.29 is 9.50 Å². The summed E-state index contributed by atoms with van der Waals surface area (Å²) in [5.41, 5.74) is 0.916. The summed E-state index contributed by atoms with van der Waals surface area (Å²) in [6.07, 6.45) is 2.88. The molecule has 1 unspecified atom stereocenters. The molecule has 1 atom stereocenters. The summed E-state index contributed by atoms with van der Waals surface area (Å²) < 4.78 is 13.0. The highest BCUT2D eigenvalue weighted by molar-refractivity contribution is 5.18. The lowest BCUT2D eigenvalue weighted by molar-refractivity contribution is -0.0693. The quantitative estimate of drug-likeness (QED) is 0.654. The summed E-state index contributed by atoms with van der Waals surface area (Å²) in [5.74, 6) is 0. The van der Waals surface area contributed by atoms with Crippen molar-refractivity contribution in [2.24, 2.45) is 10.8 Å². The summed E-state index contributed by atoms with van der Waals surface area (Å²) in [4.78, 5) is 0. The van der Waals surface area contributed by atoms with E-state index in [1.807, 2.05) is 6.92 Å². The first-order valence-electron chi connectivity index (χ1n) is 4.99. The van der Waals surface area contributed by atoms with E-state index in [1.165, 1.54) is 5.57 Å². The fourth-order valence-electron chi connectivity index (χ4n) is 3.15. The minimum absolute atomic E-state index is 0.160. The minimum atomic E-state index is -1.63. The van der Waals surface area contributed by atoms with Crippen LogP contribution in [0, 0.1) is 10.8 Å². The molecule has 2 rings (SSSR count). The third-order valence-corrected chi connectivity index (χ3v) is 4.30. The van der Waals surface area contributed by atoms with Gasteiger partial charge in [0.1, 0.15) is 0 Å². The van der Waals surface area contributed by atoms with Gasteiger partial charge in [-0.05, 0) is 44.4 Å². The zero-order valence-electron chi connectivity index (χ0n) is 8.15. The Morgan fingerprint density at radius 1 is 1.38 bits per heavy atom. The van der Waals surface area contributed by atoms with Gasteiger partial charge in [0.2, 0.25) is 6.36 Å². The van der Waals surface area contributed by atoms with Crippen LogP contribution in [0.25, 0.3) is 0 Å². The monoisotopic (exact) mass is 184 g/mol. The number of fused-ring (bicyclic) bond motifs is 2. The Morgan fingerprint density at radius 3 is 2.15 bits per heavy atom. The van der Waals surface area contributed by atoms with Gasteiger partial charge in [-0.25, -0.2) is 4.39 Å². The maximum Gasteiger partial charge on any atom is 0.202 e. The predicted molar refractivity (Wildman–Crippen MR) is 49.9 cm³/mol. The second kappa shape index (κ2) is 2.57. The summed E-state index contributed by atoms with van der Waals surface area (Å²) in [5, 5.41) is 9.13. The average Bonchev–Trinajstić information content (AvgIpc) is 2.61. The number of hydrogen-bond acceptors (Lipinski definition) is 1. The van der Waals surface area contributed by atoms with E-state index in [0.717, 1.165) is 32.1 Å². The van der Waals surface area contributed by atoms with Crippen molar-refractivity contribution in [2.75, 3.05) is 0 Å². The van der Waals surface area contributed by atoms with E-state index in [1.54, 1.807) is 0 Å². The molecule has 13 heavy (non-hydrogen) atoms. The standard InChI is InChI=1S/C11H17FO/c1-8(2)10-3-5-11(7-10,6-4-10)9(12)13/h9,13H,1,3-7H2,2H3. The number of alkyl halides is 1. The molecule has 1 nitrogen and oxygen atoms in total. The average molecular weight is 184 g/mol. The van der Waals surface area contributed by atoms with Crippen LogP contribution < -0.4 is 0 Å². The lowest BCUT2D eigenvalue weighted by Crippen LogP contribution is -2.26. The molecule has 0 spiro atoms. The molecule has 2 bridgehead atoms. The Kier molecular flexibility index (Phi) is 1.82. The van der Waals surface area contributed by atoms with Gasteiger partial charge in [0.25, 0.3) is 0 Å². The number of rotatable bonds is 2. The lowest BCUT2D eigenvalue weighted by atomic mass is 9.78. The van der Waals surface area contributed by atoms with Gasteiger partial charge in [-0.1, -0.05) is 12.2 Å². The second-order valence-electron chi connectivity index (χ2n) is 4.94. The van der Waals surface area contributed by atoms with E-state index in [2.05, 4.69) is 6.58 Å². The molecule has 1 N–H and O–H groups in total. The minimum Gasteiger partial charge on any atom is -0.364 e. The molecule has 2 fully saturated rings. The van der Waals surface area contributed by atoms with Crippen LogP contribution in [0.5, 0.6) is 0 Å². The van der Waals surface area contributed by atoms with Gasteiger partial charge >= 0.3 is 0 Å². The first kappa shape index (κ1) is 9.20. The maximum atomic E-state index is 13.0. The molecule has 2 aliphatic rings. The number of aliphatic hydroxyl groups is 1. The first-order chi connectivity index (χ1) is 6.01. The van der Waals surface area contributed by atoms with Crippen LogP contribution in [0.1, 0.15) is 39.0 Å². The van der Waals surface area contributed by atoms with Gasteiger partial charge in [0.05, 0.1) is 0 Å². The highest BCUT2D eigenvalue weighted by Crippen LogP contribution is 2.65. The van der Waals surface area contributed by atoms with E-state index in [9.17, 15) is 4.39 Å². The smallest absolute Gasteiger partial charge is 0.202 e. The number of allylic oxidation sites excluding steroid dienone is 1. The van der Waals surface area contributed by atoms with Crippen molar-refractivity contribution in [1.82, 2.24) is 0 Å². The molecule has 0 saturated heterocycles. The van der Waals surface area contributed by atoms with Crippen molar-refractivity contribution in [1.29, 1.82) is 0 Å². The summed E-state index contributed by atoms with van der Waals surface area (Å²) in [6.45, 7) is 6.03. The van der Waals surface area contributed by atoms with E-state index in [0.29, 0.717) is 0 Å². The summed E-state index contributed by atoms with van der Waals surface area (Å²) in [7, 11) is 0.